The number of aromatic nitrogens is 5. The minimum Gasteiger partial charge on any atom is -0.467 e. The van der Waals surface area contributed by atoms with E-state index in [0.29, 0.717) is 5.95 Å². The minimum atomic E-state index is 0.246. The third kappa shape index (κ3) is 3.29. The highest BCUT2D eigenvalue weighted by molar-refractivity contribution is 5.39. The molecule has 128 valence electrons. The Kier molecular flexibility index (Phi) is 4.59. The second-order valence-corrected chi connectivity index (χ2v) is 5.61. The standard InChI is InChI=1S/C15H21N7O2/c1-10-5-7-16-12(17-10)21(2)11-6-8-22(9-11)13-18-14(23-3)20-15(19-13)24-4/h5,7,11H,6,8-9H2,1-4H3. The molecule has 1 atom stereocenters. The number of ether oxygens (including phenoxy) is 2. The Morgan fingerprint density at radius 2 is 1.83 bits per heavy atom. The van der Waals surface area contributed by atoms with Gasteiger partial charge in [0.05, 0.1) is 20.3 Å². The lowest BCUT2D eigenvalue weighted by Gasteiger charge is -2.25. The molecule has 0 amide bonds. The second kappa shape index (κ2) is 6.81. The van der Waals surface area contributed by atoms with Crippen molar-refractivity contribution in [3.05, 3.63) is 18.0 Å². The Hall–Kier alpha value is -2.71. The van der Waals surface area contributed by atoms with E-state index in [1.807, 2.05) is 20.0 Å². The Balaban J connectivity index is 1.75. The van der Waals surface area contributed by atoms with E-state index >= 15 is 0 Å². The first-order valence-electron chi connectivity index (χ1n) is 7.72. The molecule has 1 aliphatic rings. The molecule has 0 aliphatic carbocycles. The van der Waals surface area contributed by atoms with Crippen LogP contribution in [0.4, 0.5) is 11.9 Å². The summed E-state index contributed by atoms with van der Waals surface area (Å²) >= 11 is 0. The van der Waals surface area contributed by atoms with Crippen molar-refractivity contribution in [3.8, 4) is 12.0 Å². The molecule has 9 heteroatoms. The van der Waals surface area contributed by atoms with Gasteiger partial charge in [0, 0.05) is 32.0 Å². The van der Waals surface area contributed by atoms with Crippen LogP contribution in [0.3, 0.4) is 0 Å². The van der Waals surface area contributed by atoms with Crippen molar-refractivity contribution in [2.75, 3.05) is 44.2 Å². The highest BCUT2D eigenvalue weighted by Gasteiger charge is 2.29. The lowest BCUT2D eigenvalue weighted by molar-refractivity contribution is 0.340. The molecule has 1 saturated heterocycles. The van der Waals surface area contributed by atoms with Gasteiger partial charge in [0.15, 0.2) is 0 Å². The van der Waals surface area contributed by atoms with Crippen LogP contribution in [0.5, 0.6) is 12.0 Å². The van der Waals surface area contributed by atoms with E-state index in [9.17, 15) is 0 Å². The van der Waals surface area contributed by atoms with Crippen molar-refractivity contribution in [2.24, 2.45) is 0 Å². The first kappa shape index (κ1) is 16.2. The zero-order chi connectivity index (χ0) is 17.1. The molecule has 1 fully saturated rings. The molecule has 2 aromatic rings. The normalized spacial score (nSPS) is 17.0. The Bertz CT molecular complexity index is 690. The van der Waals surface area contributed by atoms with Gasteiger partial charge in [-0.05, 0) is 19.4 Å². The van der Waals surface area contributed by atoms with Crippen LogP contribution < -0.4 is 19.3 Å². The molecular weight excluding hydrogens is 310 g/mol. The average molecular weight is 331 g/mol. The van der Waals surface area contributed by atoms with Gasteiger partial charge in [-0.1, -0.05) is 0 Å². The zero-order valence-corrected chi connectivity index (χ0v) is 14.3. The lowest BCUT2D eigenvalue weighted by atomic mass is 10.2. The SMILES string of the molecule is COc1nc(OC)nc(N2CCC(N(C)c3nccc(C)n3)C2)n1. The van der Waals surface area contributed by atoms with Crippen molar-refractivity contribution in [3.63, 3.8) is 0 Å². The predicted molar refractivity (Wildman–Crippen MR) is 88.7 cm³/mol. The minimum absolute atomic E-state index is 0.246. The molecule has 3 heterocycles. The third-order valence-electron chi connectivity index (χ3n) is 4.04. The Morgan fingerprint density at radius 1 is 1.12 bits per heavy atom. The van der Waals surface area contributed by atoms with Crippen LogP contribution in [0.2, 0.25) is 0 Å². The van der Waals surface area contributed by atoms with E-state index in [1.165, 1.54) is 14.2 Å². The van der Waals surface area contributed by atoms with Gasteiger partial charge in [0.1, 0.15) is 0 Å². The van der Waals surface area contributed by atoms with Crippen LogP contribution in [0, 0.1) is 6.92 Å². The van der Waals surface area contributed by atoms with Gasteiger partial charge in [-0.2, -0.15) is 9.97 Å². The maximum atomic E-state index is 5.11. The molecule has 2 aromatic heterocycles. The maximum absolute atomic E-state index is 5.11. The average Bonchev–Trinajstić information content (AvgIpc) is 3.10. The molecule has 0 N–H and O–H groups in total. The molecule has 1 aliphatic heterocycles. The smallest absolute Gasteiger partial charge is 0.324 e. The summed E-state index contributed by atoms with van der Waals surface area (Å²) in [6.45, 7) is 3.56. The van der Waals surface area contributed by atoms with E-state index in [4.69, 9.17) is 9.47 Å². The van der Waals surface area contributed by atoms with E-state index < -0.39 is 0 Å². The molecule has 0 spiro atoms. The molecule has 24 heavy (non-hydrogen) atoms. The number of rotatable bonds is 5. The fourth-order valence-corrected chi connectivity index (χ4v) is 2.66. The lowest BCUT2D eigenvalue weighted by Crippen LogP contribution is -2.36. The van der Waals surface area contributed by atoms with Crippen molar-refractivity contribution in [1.82, 2.24) is 24.9 Å². The van der Waals surface area contributed by atoms with Crippen molar-refractivity contribution in [2.45, 2.75) is 19.4 Å². The van der Waals surface area contributed by atoms with Gasteiger partial charge in [-0.3, -0.25) is 0 Å². The molecule has 9 nitrogen and oxygen atoms in total. The third-order valence-corrected chi connectivity index (χ3v) is 4.04. The number of hydrogen-bond donors (Lipinski definition) is 0. The number of anilines is 2. The quantitative estimate of drug-likeness (QED) is 0.785. The summed E-state index contributed by atoms with van der Waals surface area (Å²) in [5.41, 5.74) is 0.952. The highest BCUT2D eigenvalue weighted by atomic mass is 16.5. The van der Waals surface area contributed by atoms with Crippen molar-refractivity contribution < 1.29 is 9.47 Å². The second-order valence-electron chi connectivity index (χ2n) is 5.61. The van der Waals surface area contributed by atoms with E-state index in [2.05, 4.69) is 34.7 Å². The van der Waals surface area contributed by atoms with Crippen LogP contribution >= 0.6 is 0 Å². The first-order valence-corrected chi connectivity index (χ1v) is 7.72. The number of methoxy groups -OCH3 is 2. The van der Waals surface area contributed by atoms with Crippen LogP contribution in [0.25, 0.3) is 0 Å². The summed E-state index contributed by atoms with van der Waals surface area (Å²) in [6, 6.07) is 2.66. The molecule has 1 unspecified atom stereocenters. The molecule has 0 aromatic carbocycles. The number of aryl methyl sites for hydroxylation is 1. The molecule has 0 saturated carbocycles. The largest absolute Gasteiger partial charge is 0.467 e. The summed E-state index contributed by atoms with van der Waals surface area (Å²) in [7, 11) is 5.06. The Morgan fingerprint density at radius 3 is 2.46 bits per heavy atom. The highest BCUT2D eigenvalue weighted by Crippen LogP contribution is 2.24. The summed E-state index contributed by atoms with van der Waals surface area (Å²) in [5.74, 6) is 1.28. The summed E-state index contributed by atoms with van der Waals surface area (Å²) in [6.07, 6.45) is 2.74. The topological polar surface area (TPSA) is 89.4 Å². The van der Waals surface area contributed by atoms with Gasteiger partial charge in [-0.15, -0.1) is 4.98 Å². The monoisotopic (exact) mass is 331 g/mol. The van der Waals surface area contributed by atoms with Crippen molar-refractivity contribution in [1.29, 1.82) is 0 Å². The summed E-state index contributed by atoms with van der Waals surface area (Å²) in [5, 5.41) is 0. The zero-order valence-electron chi connectivity index (χ0n) is 14.3. The van der Waals surface area contributed by atoms with Gasteiger partial charge in [0.25, 0.3) is 0 Å². The van der Waals surface area contributed by atoms with Crippen LogP contribution in [0.15, 0.2) is 12.3 Å². The fraction of sp³-hybridized carbons (Fsp3) is 0.533. The maximum Gasteiger partial charge on any atom is 0.324 e. The molecule has 0 radical (unpaired) electrons. The Labute approximate surface area is 140 Å². The van der Waals surface area contributed by atoms with Gasteiger partial charge < -0.3 is 19.3 Å². The number of likely N-dealkylation sites (N-methyl/N-ethyl adjacent to an activating group) is 1. The van der Waals surface area contributed by atoms with Gasteiger partial charge >= 0.3 is 12.0 Å². The van der Waals surface area contributed by atoms with Gasteiger partial charge in [0.2, 0.25) is 11.9 Å². The van der Waals surface area contributed by atoms with E-state index in [1.54, 1.807) is 6.20 Å². The first-order chi connectivity index (χ1) is 11.6. The molecule has 3 rings (SSSR count). The molecule has 0 bridgehead atoms. The van der Waals surface area contributed by atoms with Crippen LogP contribution in [-0.4, -0.2) is 65.3 Å². The summed E-state index contributed by atoms with van der Waals surface area (Å²) < 4.78 is 10.2. The number of nitrogens with zero attached hydrogens (tertiary/aromatic N) is 7. The van der Waals surface area contributed by atoms with Crippen molar-refractivity contribution >= 4 is 11.9 Å². The summed E-state index contributed by atoms with van der Waals surface area (Å²) in [4.78, 5) is 25.7. The van der Waals surface area contributed by atoms with E-state index in [0.717, 1.165) is 31.2 Å². The molecular formula is C15H21N7O2. The fourth-order valence-electron chi connectivity index (χ4n) is 2.66. The van der Waals surface area contributed by atoms with Crippen LogP contribution in [-0.2, 0) is 0 Å². The number of hydrogen-bond acceptors (Lipinski definition) is 9. The van der Waals surface area contributed by atoms with Crippen LogP contribution in [0.1, 0.15) is 12.1 Å². The van der Waals surface area contributed by atoms with E-state index in [-0.39, 0.29) is 18.1 Å². The predicted octanol–water partition coefficient (Wildman–Crippen LogP) is 0.702. The van der Waals surface area contributed by atoms with Gasteiger partial charge in [-0.25, -0.2) is 9.97 Å².